The van der Waals surface area contributed by atoms with Gasteiger partial charge in [-0.05, 0) is 132 Å². The van der Waals surface area contributed by atoms with Crippen LogP contribution in [-0.4, -0.2) is 0 Å². The fourth-order valence-corrected chi connectivity index (χ4v) is 10.9. The molecule has 0 saturated heterocycles. The highest BCUT2D eigenvalue weighted by Crippen LogP contribution is 2.64. The first-order valence-electron chi connectivity index (χ1n) is 20.5. The molecule has 0 radical (unpaired) electrons. The molecule has 1 atom stereocenters. The zero-order valence-corrected chi connectivity index (χ0v) is 32.9. The molecule has 1 nitrogen and oxygen atoms in total. The van der Waals surface area contributed by atoms with E-state index in [1.807, 2.05) is 0 Å². The molecule has 0 bridgehead atoms. The number of anilines is 3. The Morgan fingerprint density at radius 1 is 0.362 bits per heavy atom. The lowest BCUT2D eigenvalue weighted by Gasteiger charge is -2.33. The van der Waals surface area contributed by atoms with Crippen LogP contribution >= 0.6 is 0 Å². The van der Waals surface area contributed by atoms with E-state index in [9.17, 15) is 0 Å². The molecule has 9 aromatic rings. The largest absolute Gasteiger partial charge is 0.310 e. The molecule has 0 saturated carbocycles. The Balaban J connectivity index is 1.12. The Morgan fingerprint density at radius 3 is 1.50 bits per heavy atom. The lowest BCUT2D eigenvalue weighted by Crippen LogP contribution is -2.26. The lowest BCUT2D eigenvalue weighted by atomic mass is 9.69. The van der Waals surface area contributed by atoms with Crippen molar-refractivity contribution >= 4 is 27.8 Å². The summed E-state index contributed by atoms with van der Waals surface area (Å²) in [4.78, 5) is 2.49. The highest BCUT2D eigenvalue weighted by molar-refractivity contribution is 6.04. The van der Waals surface area contributed by atoms with E-state index in [-0.39, 0.29) is 5.41 Å². The van der Waals surface area contributed by atoms with E-state index in [1.165, 1.54) is 94.2 Å². The highest BCUT2D eigenvalue weighted by atomic mass is 15.1. The van der Waals surface area contributed by atoms with Gasteiger partial charge in [-0.1, -0.05) is 177 Å². The topological polar surface area (TPSA) is 3.24 Å². The Labute approximate surface area is 340 Å². The van der Waals surface area contributed by atoms with Gasteiger partial charge in [-0.2, -0.15) is 0 Å². The molecule has 1 spiro atoms. The molecule has 0 heterocycles. The number of benzene rings is 9. The van der Waals surface area contributed by atoms with Gasteiger partial charge in [0, 0.05) is 22.5 Å². The summed E-state index contributed by atoms with van der Waals surface area (Å²) in [6, 6.07) is 73.2. The van der Waals surface area contributed by atoms with Gasteiger partial charge in [0.1, 0.15) is 0 Å². The van der Waals surface area contributed by atoms with Gasteiger partial charge in [0.15, 0.2) is 0 Å². The molecule has 58 heavy (non-hydrogen) atoms. The third-order valence-corrected chi connectivity index (χ3v) is 13.5. The molecular weight excluding hydrogens is 699 g/mol. The summed E-state index contributed by atoms with van der Waals surface area (Å²) in [5, 5.41) is 2.58. The first kappa shape index (κ1) is 33.2. The van der Waals surface area contributed by atoms with E-state index in [0.29, 0.717) is 0 Å². The number of nitrogens with zero attached hydrogens (tertiary/aromatic N) is 1. The Kier molecular flexibility index (Phi) is 6.88. The van der Waals surface area contributed by atoms with Crippen LogP contribution in [0.5, 0.6) is 0 Å². The van der Waals surface area contributed by atoms with Crippen LogP contribution in [0, 0.1) is 6.92 Å². The van der Waals surface area contributed by atoms with Crippen molar-refractivity contribution in [3.8, 4) is 44.5 Å². The summed E-state index contributed by atoms with van der Waals surface area (Å²) < 4.78 is 0. The maximum atomic E-state index is 2.52. The van der Waals surface area contributed by atoms with Crippen molar-refractivity contribution in [2.45, 2.75) is 31.6 Å². The number of aryl methyl sites for hydroxylation is 1. The minimum atomic E-state index is -0.475. The van der Waals surface area contributed by atoms with Crippen molar-refractivity contribution in [3.63, 3.8) is 0 Å². The maximum Gasteiger partial charge on any atom is 0.0732 e. The van der Waals surface area contributed by atoms with Gasteiger partial charge in [0.2, 0.25) is 0 Å². The molecule has 1 heteroatoms. The van der Waals surface area contributed by atoms with Gasteiger partial charge >= 0.3 is 0 Å². The molecule has 0 fully saturated rings. The average molecular weight is 740 g/mol. The summed E-state index contributed by atoms with van der Waals surface area (Å²) >= 11 is 0. The van der Waals surface area contributed by atoms with Gasteiger partial charge < -0.3 is 4.90 Å². The van der Waals surface area contributed by atoms with E-state index >= 15 is 0 Å². The highest BCUT2D eigenvalue weighted by Gasteiger charge is 2.52. The number of hydrogen-bond acceptors (Lipinski definition) is 1. The van der Waals surface area contributed by atoms with Crippen molar-refractivity contribution in [1.29, 1.82) is 0 Å². The van der Waals surface area contributed by atoms with E-state index in [4.69, 9.17) is 0 Å². The molecule has 0 aromatic heterocycles. The van der Waals surface area contributed by atoms with Gasteiger partial charge in [-0.3, -0.25) is 0 Å². The van der Waals surface area contributed by atoms with E-state index in [1.54, 1.807) is 0 Å². The molecule has 0 aliphatic heterocycles. The van der Waals surface area contributed by atoms with Gasteiger partial charge in [0.25, 0.3) is 0 Å². The maximum absolute atomic E-state index is 2.52. The summed E-state index contributed by atoms with van der Waals surface area (Å²) in [6.07, 6.45) is 0. The molecule has 0 amide bonds. The van der Waals surface area contributed by atoms with E-state index < -0.39 is 5.41 Å². The Morgan fingerprint density at radius 2 is 0.828 bits per heavy atom. The Hall–Kier alpha value is -6.96. The first-order valence-corrected chi connectivity index (χ1v) is 20.5. The fourth-order valence-electron chi connectivity index (χ4n) is 10.9. The van der Waals surface area contributed by atoms with Crippen LogP contribution in [-0.2, 0) is 10.8 Å². The van der Waals surface area contributed by atoms with Crippen molar-refractivity contribution < 1.29 is 0 Å². The zero-order chi connectivity index (χ0) is 38.8. The van der Waals surface area contributed by atoms with Gasteiger partial charge in [-0.25, -0.2) is 0 Å². The molecule has 9 aromatic carbocycles. The summed E-state index contributed by atoms with van der Waals surface area (Å²) in [6.45, 7) is 6.89. The minimum absolute atomic E-state index is 0.120. The van der Waals surface area contributed by atoms with E-state index in [2.05, 4.69) is 220 Å². The van der Waals surface area contributed by atoms with Crippen LogP contribution < -0.4 is 4.90 Å². The SMILES string of the molecule is Cc1ccc(-c2ccc(N(c3ccc4c(c3)C(C)(C)c3ccccc3-4)c3ccc4c(c3)C3(c5ccccc5-4)c4ccccc4-c4ccc5ccccc5c43)cc2)cc1. The van der Waals surface area contributed by atoms with Crippen LogP contribution in [0.3, 0.4) is 0 Å². The van der Waals surface area contributed by atoms with Crippen molar-refractivity contribution in [2.75, 3.05) is 4.90 Å². The smallest absolute Gasteiger partial charge is 0.0732 e. The Bertz CT molecular complexity index is 3130. The van der Waals surface area contributed by atoms with Gasteiger partial charge in [0.05, 0.1) is 5.41 Å². The van der Waals surface area contributed by atoms with Crippen LogP contribution in [0.15, 0.2) is 194 Å². The molecule has 0 N–H and O–H groups in total. The standard InChI is InChI=1S/C57H41N/c1-36-20-22-37(23-21-36)38-24-27-40(28-25-38)58(41-29-32-47-44-14-6-9-17-50(44)56(2,3)53(47)34-41)42-30-33-48-45-15-7-10-18-51(45)57(54(48)35-42)52-19-11-8-16-46(52)49-31-26-39-12-4-5-13-43(39)55(49)57/h4-35H,1-3H3. The third kappa shape index (κ3) is 4.42. The third-order valence-electron chi connectivity index (χ3n) is 13.5. The van der Waals surface area contributed by atoms with Gasteiger partial charge in [-0.15, -0.1) is 0 Å². The van der Waals surface area contributed by atoms with Crippen molar-refractivity contribution in [3.05, 3.63) is 233 Å². The minimum Gasteiger partial charge on any atom is -0.310 e. The second-order valence-corrected chi connectivity index (χ2v) is 16.9. The molecule has 274 valence electrons. The number of hydrogen-bond donors (Lipinski definition) is 0. The molecule has 3 aliphatic rings. The quantitative estimate of drug-likeness (QED) is 0.174. The summed E-state index contributed by atoms with van der Waals surface area (Å²) in [5.41, 5.74) is 22.7. The van der Waals surface area contributed by atoms with Crippen molar-refractivity contribution in [1.82, 2.24) is 0 Å². The first-order chi connectivity index (χ1) is 28.4. The van der Waals surface area contributed by atoms with Crippen LogP contribution in [0.25, 0.3) is 55.3 Å². The number of fused-ring (bicyclic) bond motifs is 15. The predicted molar refractivity (Wildman–Crippen MR) is 243 cm³/mol. The fraction of sp³-hybridized carbons (Fsp3) is 0.0877. The lowest BCUT2D eigenvalue weighted by molar-refractivity contribution is 0.660. The normalized spacial score (nSPS) is 16.1. The zero-order valence-electron chi connectivity index (χ0n) is 32.9. The second kappa shape index (κ2) is 12.0. The molecular formula is C57H41N. The number of rotatable bonds is 4. The summed E-state index contributed by atoms with van der Waals surface area (Å²) in [7, 11) is 0. The van der Waals surface area contributed by atoms with Crippen LogP contribution in [0.2, 0.25) is 0 Å². The van der Waals surface area contributed by atoms with Crippen LogP contribution in [0.1, 0.15) is 52.8 Å². The molecule has 1 unspecified atom stereocenters. The molecule has 12 rings (SSSR count). The van der Waals surface area contributed by atoms with Crippen molar-refractivity contribution in [2.24, 2.45) is 0 Å². The van der Waals surface area contributed by atoms with Crippen LogP contribution in [0.4, 0.5) is 17.1 Å². The average Bonchev–Trinajstić information content (AvgIpc) is 3.83. The monoisotopic (exact) mass is 739 g/mol. The molecule has 3 aliphatic carbocycles. The summed E-state index contributed by atoms with van der Waals surface area (Å²) in [5.74, 6) is 0. The predicted octanol–water partition coefficient (Wildman–Crippen LogP) is 14.9. The second-order valence-electron chi connectivity index (χ2n) is 16.9. The van der Waals surface area contributed by atoms with E-state index in [0.717, 1.165) is 17.1 Å².